The van der Waals surface area contributed by atoms with Crippen LogP contribution in [0.25, 0.3) is 10.9 Å². The molecule has 0 radical (unpaired) electrons. The number of benzene rings is 1. The monoisotopic (exact) mass is 254 g/mol. The molecular formula is C15H18N4. The van der Waals surface area contributed by atoms with E-state index in [2.05, 4.69) is 64.5 Å². The Labute approximate surface area is 112 Å². The molecule has 4 heteroatoms. The highest BCUT2D eigenvalue weighted by molar-refractivity contribution is 5.83. The van der Waals surface area contributed by atoms with Crippen molar-refractivity contribution in [2.75, 3.05) is 0 Å². The number of aromatic amines is 1. The lowest BCUT2D eigenvalue weighted by molar-refractivity contribution is 0.576. The Balaban J connectivity index is 1.79. The van der Waals surface area contributed by atoms with E-state index >= 15 is 0 Å². The smallest absolute Gasteiger partial charge is 0.0534 e. The van der Waals surface area contributed by atoms with Gasteiger partial charge in [0, 0.05) is 48.5 Å². The molecule has 1 aromatic carbocycles. The molecule has 0 amide bonds. The Morgan fingerprint density at radius 2 is 2.21 bits per heavy atom. The second kappa shape index (κ2) is 4.90. The van der Waals surface area contributed by atoms with Gasteiger partial charge in [0.2, 0.25) is 0 Å². The number of aromatic nitrogens is 3. The molecule has 3 aromatic rings. The molecule has 0 saturated carbocycles. The van der Waals surface area contributed by atoms with Crippen molar-refractivity contribution in [1.29, 1.82) is 0 Å². The van der Waals surface area contributed by atoms with Gasteiger partial charge in [-0.2, -0.15) is 5.10 Å². The van der Waals surface area contributed by atoms with Crippen LogP contribution in [-0.2, 0) is 13.6 Å². The number of aryl methyl sites for hydroxylation is 1. The molecule has 3 rings (SSSR count). The number of rotatable bonds is 4. The highest BCUT2D eigenvalue weighted by Crippen LogP contribution is 2.21. The third kappa shape index (κ3) is 2.27. The number of nitrogens with one attached hydrogen (secondary N) is 2. The number of para-hydroxylation sites is 1. The van der Waals surface area contributed by atoms with Crippen molar-refractivity contribution in [1.82, 2.24) is 20.1 Å². The van der Waals surface area contributed by atoms with Gasteiger partial charge < -0.3 is 9.88 Å². The fourth-order valence-electron chi connectivity index (χ4n) is 2.45. The van der Waals surface area contributed by atoms with Crippen LogP contribution in [-0.4, -0.2) is 14.8 Å². The van der Waals surface area contributed by atoms with E-state index in [1.54, 1.807) is 0 Å². The predicted molar refractivity (Wildman–Crippen MR) is 76.8 cm³/mol. The van der Waals surface area contributed by atoms with E-state index in [0.717, 1.165) is 6.54 Å². The lowest BCUT2D eigenvalue weighted by atomic mass is 10.1. The van der Waals surface area contributed by atoms with Crippen molar-refractivity contribution < 1.29 is 0 Å². The van der Waals surface area contributed by atoms with E-state index in [-0.39, 0.29) is 6.04 Å². The van der Waals surface area contributed by atoms with Crippen LogP contribution in [0.4, 0.5) is 0 Å². The van der Waals surface area contributed by atoms with Gasteiger partial charge in [-0.05, 0) is 18.6 Å². The molecule has 4 nitrogen and oxygen atoms in total. The van der Waals surface area contributed by atoms with Crippen molar-refractivity contribution >= 4 is 10.9 Å². The number of hydrogen-bond acceptors (Lipinski definition) is 2. The van der Waals surface area contributed by atoms with Crippen LogP contribution in [0.5, 0.6) is 0 Å². The molecule has 2 heterocycles. The van der Waals surface area contributed by atoms with Crippen LogP contribution in [0.1, 0.15) is 24.1 Å². The molecule has 2 N–H and O–H groups in total. The van der Waals surface area contributed by atoms with Crippen LogP contribution in [0, 0.1) is 0 Å². The van der Waals surface area contributed by atoms with Gasteiger partial charge in [-0.25, -0.2) is 0 Å². The zero-order chi connectivity index (χ0) is 13.2. The summed E-state index contributed by atoms with van der Waals surface area (Å²) in [5.41, 5.74) is 3.78. The molecule has 1 unspecified atom stereocenters. The van der Waals surface area contributed by atoms with Crippen molar-refractivity contribution in [2.45, 2.75) is 19.5 Å². The third-order valence-electron chi connectivity index (χ3n) is 3.60. The summed E-state index contributed by atoms with van der Waals surface area (Å²) in [6.07, 6.45) is 5.99. The van der Waals surface area contributed by atoms with Crippen LogP contribution >= 0.6 is 0 Å². The summed E-state index contributed by atoms with van der Waals surface area (Å²) in [7, 11) is 2.09. The van der Waals surface area contributed by atoms with E-state index in [4.69, 9.17) is 0 Å². The second-order valence-electron chi connectivity index (χ2n) is 4.92. The van der Waals surface area contributed by atoms with Gasteiger partial charge >= 0.3 is 0 Å². The largest absolute Gasteiger partial charge is 0.350 e. The van der Waals surface area contributed by atoms with Crippen molar-refractivity contribution in [3.8, 4) is 0 Å². The Hall–Kier alpha value is -2.07. The minimum atomic E-state index is 0.290. The Bertz CT molecular complexity index is 667. The van der Waals surface area contributed by atoms with Crippen LogP contribution in [0.2, 0.25) is 0 Å². The maximum absolute atomic E-state index is 3.98. The summed E-state index contributed by atoms with van der Waals surface area (Å²) in [5.74, 6) is 0. The number of H-pyrrole nitrogens is 1. The molecule has 0 aliphatic rings. The molecule has 0 aliphatic carbocycles. The van der Waals surface area contributed by atoms with E-state index in [1.807, 2.05) is 12.4 Å². The van der Waals surface area contributed by atoms with Gasteiger partial charge in [0.15, 0.2) is 0 Å². The van der Waals surface area contributed by atoms with Crippen LogP contribution in [0.3, 0.4) is 0 Å². The fourth-order valence-corrected chi connectivity index (χ4v) is 2.45. The van der Waals surface area contributed by atoms with E-state index in [0.29, 0.717) is 0 Å². The average molecular weight is 254 g/mol. The first kappa shape index (κ1) is 12.0. The van der Waals surface area contributed by atoms with Gasteiger partial charge in [0.25, 0.3) is 0 Å². The predicted octanol–water partition coefficient (Wildman–Crippen LogP) is 2.75. The molecule has 0 aliphatic heterocycles. The van der Waals surface area contributed by atoms with Gasteiger partial charge in [-0.1, -0.05) is 18.2 Å². The molecule has 0 saturated heterocycles. The number of fused-ring (bicyclic) bond motifs is 1. The first-order chi connectivity index (χ1) is 9.25. The summed E-state index contributed by atoms with van der Waals surface area (Å²) in [5, 5.41) is 11.7. The Morgan fingerprint density at radius 3 is 3.00 bits per heavy atom. The number of nitrogens with zero attached hydrogens (tertiary/aromatic N) is 2. The van der Waals surface area contributed by atoms with Crippen LogP contribution < -0.4 is 5.32 Å². The topological polar surface area (TPSA) is 45.6 Å². The first-order valence-electron chi connectivity index (χ1n) is 6.50. The Kier molecular flexibility index (Phi) is 3.09. The van der Waals surface area contributed by atoms with Crippen molar-refractivity contribution in [2.24, 2.45) is 7.05 Å². The van der Waals surface area contributed by atoms with Crippen molar-refractivity contribution in [3.63, 3.8) is 0 Å². The summed E-state index contributed by atoms with van der Waals surface area (Å²) < 4.78 is 2.18. The summed E-state index contributed by atoms with van der Waals surface area (Å²) in [6, 6.07) is 8.78. The maximum Gasteiger partial charge on any atom is 0.0534 e. The average Bonchev–Trinajstić information content (AvgIpc) is 3.06. The maximum atomic E-state index is 3.98. The SMILES string of the molecule is CC(NCc1cn(C)c2ccccc12)c1cn[nH]c1. The number of hydrogen-bond donors (Lipinski definition) is 2. The van der Waals surface area contributed by atoms with Gasteiger partial charge in [-0.15, -0.1) is 0 Å². The van der Waals surface area contributed by atoms with E-state index in [1.165, 1.54) is 22.0 Å². The standard InChI is InChI=1S/C15H18N4/c1-11(12-8-17-18-9-12)16-7-13-10-19(2)15-6-4-3-5-14(13)15/h3-6,8-11,16H,7H2,1-2H3,(H,17,18). The molecule has 0 fully saturated rings. The molecular weight excluding hydrogens is 236 g/mol. The molecule has 0 spiro atoms. The molecule has 0 bridgehead atoms. The van der Waals surface area contributed by atoms with Gasteiger partial charge in [0.1, 0.15) is 0 Å². The minimum Gasteiger partial charge on any atom is -0.350 e. The molecule has 98 valence electrons. The lowest BCUT2D eigenvalue weighted by Gasteiger charge is -2.11. The van der Waals surface area contributed by atoms with Gasteiger partial charge in [-0.3, -0.25) is 5.10 Å². The normalized spacial score (nSPS) is 12.9. The second-order valence-corrected chi connectivity index (χ2v) is 4.92. The van der Waals surface area contributed by atoms with Gasteiger partial charge in [0.05, 0.1) is 6.20 Å². The lowest BCUT2D eigenvalue weighted by Crippen LogP contribution is -2.17. The molecule has 19 heavy (non-hydrogen) atoms. The highest BCUT2D eigenvalue weighted by Gasteiger charge is 2.09. The third-order valence-corrected chi connectivity index (χ3v) is 3.60. The zero-order valence-electron chi connectivity index (χ0n) is 11.2. The highest BCUT2D eigenvalue weighted by atomic mass is 15.1. The quantitative estimate of drug-likeness (QED) is 0.752. The van der Waals surface area contributed by atoms with Crippen molar-refractivity contribution in [3.05, 3.63) is 54.0 Å². The fraction of sp³-hybridized carbons (Fsp3) is 0.267. The van der Waals surface area contributed by atoms with Crippen LogP contribution in [0.15, 0.2) is 42.9 Å². The van der Waals surface area contributed by atoms with E-state index in [9.17, 15) is 0 Å². The molecule has 1 atom stereocenters. The summed E-state index contributed by atoms with van der Waals surface area (Å²) >= 11 is 0. The molecule has 2 aromatic heterocycles. The minimum absolute atomic E-state index is 0.290. The summed E-state index contributed by atoms with van der Waals surface area (Å²) in [6.45, 7) is 3.00. The Morgan fingerprint density at radius 1 is 1.37 bits per heavy atom. The first-order valence-corrected chi connectivity index (χ1v) is 6.50. The summed E-state index contributed by atoms with van der Waals surface area (Å²) in [4.78, 5) is 0. The van der Waals surface area contributed by atoms with E-state index < -0.39 is 0 Å². The zero-order valence-corrected chi connectivity index (χ0v) is 11.2.